The normalized spacial score (nSPS) is 10.5. The van der Waals surface area contributed by atoms with E-state index in [1.165, 1.54) is 12.1 Å². The molecule has 2 aromatic heterocycles. The lowest BCUT2D eigenvalue weighted by Crippen LogP contribution is -2.25. The second-order valence-electron chi connectivity index (χ2n) is 5.97. The highest BCUT2D eigenvalue weighted by Gasteiger charge is 2.16. The molecule has 144 valence electrons. The zero-order valence-electron chi connectivity index (χ0n) is 14.8. The predicted molar refractivity (Wildman–Crippen MR) is 111 cm³/mol. The average molecular weight is 464 g/mol. The van der Waals surface area contributed by atoms with Crippen molar-refractivity contribution in [3.05, 3.63) is 87.0 Å². The maximum Gasteiger partial charge on any atom is 0.255 e. The van der Waals surface area contributed by atoms with Crippen molar-refractivity contribution in [2.24, 2.45) is 0 Å². The summed E-state index contributed by atoms with van der Waals surface area (Å²) >= 11 is 9.39. The molecule has 0 radical (unpaired) electrons. The third-order valence-corrected chi connectivity index (χ3v) is 5.05. The van der Waals surface area contributed by atoms with Crippen LogP contribution in [0.1, 0.15) is 21.6 Å². The van der Waals surface area contributed by atoms with Crippen LogP contribution in [0.15, 0.2) is 59.2 Å². The highest BCUT2D eigenvalue weighted by molar-refractivity contribution is 9.10. The molecule has 3 aromatic rings. The summed E-state index contributed by atoms with van der Waals surface area (Å²) in [5.74, 6) is -0.219. The van der Waals surface area contributed by atoms with Crippen LogP contribution in [0.3, 0.4) is 0 Å². The van der Waals surface area contributed by atoms with Crippen molar-refractivity contribution >= 4 is 39.3 Å². The SMILES string of the molecule is O=C(NCc1ccccn1)c1cc(Br)c(Cl)nc1NCCc1cccc(F)c1. The fourth-order valence-electron chi connectivity index (χ4n) is 2.56. The summed E-state index contributed by atoms with van der Waals surface area (Å²) in [6.07, 6.45) is 2.24. The number of nitrogens with zero attached hydrogens (tertiary/aromatic N) is 2. The minimum atomic E-state index is -0.302. The number of hydrogen-bond acceptors (Lipinski definition) is 4. The van der Waals surface area contributed by atoms with Gasteiger partial charge in [-0.3, -0.25) is 9.78 Å². The molecule has 28 heavy (non-hydrogen) atoms. The number of anilines is 1. The largest absolute Gasteiger partial charge is 0.369 e. The number of benzene rings is 1. The monoisotopic (exact) mass is 462 g/mol. The lowest BCUT2D eigenvalue weighted by Gasteiger charge is -2.13. The van der Waals surface area contributed by atoms with Crippen molar-refractivity contribution in [1.29, 1.82) is 0 Å². The van der Waals surface area contributed by atoms with Gasteiger partial charge in [-0.25, -0.2) is 9.37 Å². The van der Waals surface area contributed by atoms with Crippen LogP contribution < -0.4 is 10.6 Å². The zero-order chi connectivity index (χ0) is 19.9. The number of amides is 1. The van der Waals surface area contributed by atoms with Gasteiger partial charge in [0.25, 0.3) is 5.91 Å². The first-order chi connectivity index (χ1) is 13.5. The van der Waals surface area contributed by atoms with Crippen molar-refractivity contribution < 1.29 is 9.18 Å². The Morgan fingerprint density at radius 3 is 2.79 bits per heavy atom. The predicted octanol–water partition coefficient (Wildman–Crippen LogP) is 4.62. The Morgan fingerprint density at radius 2 is 2.04 bits per heavy atom. The van der Waals surface area contributed by atoms with Gasteiger partial charge in [-0.2, -0.15) is 0 Å². The Labute approximate surface area is 175 Å². The van der Waals surface area contributed by atoms with Crippen molar-refractivity contribution in [2.45, 2.75) is 13.0 Å². The molecule has 1 amide bonds. The molecule has 1 aromatic carbocycles. The summed E-state index contributed by atoms with van der Waals surface area (Å²) in [6, 6.07) is 13.5. The second-order valence-corrected chi connectivity index (χ2v) is 7.18. The van der Waals surface area contributed by atoms with Gasteiger partial charge in [-0.1, -0.05) is 29.8 Å². The lowest BCUT2D eigenvalue weighted by atomic mass is 10.1. The number of pyridine rings is 2. The van der Waals surface area contributed by atoms with Gasteiger partial charge in [0.05, 0.1) is 22.3 Å². The van der Waals surface area contributed by atoms with Gasteiger partial charge in [0.15, 0.2) is 0 Å². The third kappa shape index (κ3) is 5.50. The minimum Gasteiger partial charge on any atom is -0.369 e. The van der Waals surface area contributed by atoms with E-state index in [9.17, 15) is 9.18 Å². The van der Waals surface area contributed by atoms with Crippen LogP contribution in [0.4, 0.5) is 10.2 Å². The Bertz CT molecular complexity index is 972. The van der Waals surface area contributed by atoms with Crippen molar-refractivity contribution in [3.63, 3.8) is 0 Å². The molecule has 8 heteroatoms. The maximum absolute atomic E-state index is 13.3. The Kier molecular flexibility index (Phi) is 6.95. The summed E-state index contributed by atoms with van der Waals surface area (Å²) in [6.45, 7) is 0.761. The molecule has 0 spiro atoms. The lowest BCUT2D eigenvalue weighted by molar-refractivity contribution is 0.0951. The Hall–Kier alpha value is -2.51. The van der Waals surface area contributed by atoms with Crippen LogP contribution in [-0.2, 0) is 13.0 Å². The topological polar surface area (TPSA) is 66.9 Å². The van der Waals surface area contributed by atoms with E-state index in [4.69, 9.17) is 11.6 Å². The fourth-order valence-corrected chi connectivity index (χ4v) is 3.02. The standard InChI is InChI=1S/C20H17BrClFN4O/c21-17-11-16(20(28)26-12-15-6-1-2-8-24-15)19(27-18(17)22)25-9-7-13-4-3-5-14(23)10-13/h1-6,8,10-11H,7,9,12H2,(H,25,27)(H,26,28). The molecule has 0 fully saturated rings. The first kappa shape index (κ1) is 20.2. The summed E-state index contributed by atoms with van der Waals surface area (Å²) < 4.78 is 13.8. The van der Waals surface area contributed by atoms with Gasteiger partial charge < -0.3 is 10.6 Å². The van der Waals surface area contributed by atoms with Gasteiger partial charge in [-0.15, -0.1) is 0 Å². The third-order valence-electron chi connectivity index (χ3n) is 3.93. The molecule has 3 rings (SSSR count). The Morgan fingerprint density at radius 1 is 1.18 bits per heavy atom. The number of carbonyl (C=O) groups is 1. The molecule has 0 bridgehead atoms. The number of rotatable bonds is 7. The molecular formula is C20H17BrClFN4O. The quantitative estimate of drug-likeness (QED) is 0.502. The van der Waals surface area contributed by atoms with E-state index in [0.717, 1.165) is 11.3 Å². The van der Waals surface area contributed by atoms with Gasteiger partial charge in [0.2, 0.25) is 0 Å². The van der Waals surface area contributed by atoms with Crippen LogP contribution in [0.2, 0.25) is 5.15 Å². The smallest absolute Gasteiger partial charge is 0.255 e. The molecule has 2 heterocycles. The van der Waals surface area contributed by atoms with Crippen LogP contribution in [0, 0.1) is 5.82 Å². The van der Waals surface area contributed by atoms with Crippen LogP contribution in [0.5, 0.6) is 0 Å². The number of halogens is 3. The molecule has 5 nitrogen and oxygen atoms in total. The highest BCUT2D eigenvalue weighted by Crippen LogP contribution is 2.26. The first-order valence-electron chi connectivity index (χ1n) is 8.55. The number of hydrogen-bond donors (Lipinski definition) is 2. The van der Waals surface area contributed by atoms with Gasteiger partial charge in [0.1, 0.15) is 16.8 Å². The number of aromatic nitrogens is 2. The van der Waals surface area contributed by atoms with Gasteiger partial charge in [-0.05, 0) is 58.2 Å². The molecule has 0 aliphatic carbocycles. The van der Waals surface area contributed by atoms with Crippen molar-refractivity contribution in [1.82, 2.24) is 15.3 Å². The van der Waals surface area contributed by atoms with E-state index >= 15 is 0 Å². The molecule has 0 saturated carbocycles. The van der Waals surface area contributed by atoms with E-state index in [1.807, 2.05) is 24.3 Å². The molecule has 0 aliphatic rings. The molecule has 0 aliphatic heterocycles. The molecule has 0 atom stereocenters. The van der Waals surface area contributed by atoms with Crippen LogP contribution in [0.25, 0.3) is 0 Å². The molecule has 2 N–H and O–H groups in total. The fraction of sp³-hybridized carbons (Fsp3) is 0.150. The summed E-state index contributed by atoms with van der Waals surface area (Å²) in [4.78, 5) is 21.1. The van der Waals surface area contributed by atoms with Crippen LogP contribution >= 0.6 is 27.5 Å². The summed E-state index contributed by atoms with van der Waals surface area (Å²) in [7, 11) is 0. The van der Waals surface area contributed by atoms with E-state index in [-0.39, 0.29) is 16.9 Å². The second kappa shape index (κ2) is 9.61. The van der Waals surface area contributed by atoms with Crippen molar-refractivity contribution in [3.8, 4) is 0 Å². The highest BCUT2D eigenvalue weighted by atomic mass is 79.9. The Balaban J connectivity index is 1.69. The molecular weight excluding hydrogens is 447 g/mol. The van der Waals surface area contributed by atoms with Gasteiger partial charge >= 0.3 is 0 Å². The summed E-state index contributed by atoms with van der Waals surface area (Å²) in [5, 5.41) is 6.18. The zero-order valence-corrected chi connectivity index (χ0v) is 17.1. The molecule has 0 unspecified atom stereocenters. The van der Waals surface area contributed by atoms with E-state index < -0.39 is 0 Å². The first-order valence-corrected chi connectivity index (χ1v) is 9.72. The van der Waals surface area contributed by atoms with E-state index in [0.29, 0.717) is 35.4 Å². The van der Waals surface area contributed by atoms with Crippen LogP contribution in [-0.4, -0.2) is 22.4 Å². The average Bonchev–Trinajstić information content (AvgIpc) is 2.69. The maximum atomic E-state index is 13.3. The van der Waals surface area contributed by atoms with Crippen molar-refractivity contribution in [2.75, 3.05) is 11.9 Å². The summed E-state index contributed by atoms with van der Waals surface area (Å²) in [5.41, 5.74) is 1.95. The molecule has 0 saturated heterocycles. The number of carbonyl (C=O) groups excluding carboxylic acids is 1. The number of nitrogens with one attached hydrogen (secondary N) is 2. The van der Waals surface area contributed by atoms with E-state index in [2.05, 4.69) is 36.5 Å². The minimum absolute atomic E-state index is 0.245. The van der Waals surface area contributed by atoms with Gasteiger partial charge in [0, 0.05) is 12.7 Å². The van der Waals surface area contributed by atoms with E-state index in [1.54, 1.807) is 18.3 Å².